The normalized spacial score (nSPS) is 16.0. The van der Waals surface area contributed by atoms with Gasteiger partial charge in [-0.1, -0.05) is 62.4 Å². The zero-order chi connectivity index (χ0) is 22.0. The van der Waals surface area contributed by atoms with Crippen LogP contribution >= 0.6 is 0 Å². The number of carbonyl (C=O) groups excluding carboxylic acids is 2. The van der Waals surface area contributed by atoms with Gasteiger partial charge >= 0.3 is 12.0 Å². The van der Waals surface area contributed by atoms with Crippen LogP contribution in [0, 0.1) is 5.92 Å². The average molecular weight is 419 g/mol. The Labute approximate surface area is 181 Å². The summed E-state index contributed by atoms with van der Waals surface area (Å²) in [4.78, 5) is 27.4. The van der Waals surface area contributed by atoms with E-state index in [-0.39, 0.29) is 19.2 Å². The van der Waals surface area contributed by atoms with Crippen molar-refractivity contribution in [2.45, 2.75) is 77.4 Å². The van der Waals surface area contributed by atoms with Gasteiger partial charge in [-0.05, 0) is 38.7 Å². The molecule has 0 aromatic heterocycles. The lowest BCUT2D eigenvalue weighted by molar-refractivity contribution is -0.157. The minimum atomic E-state index is -0.782. The van der Waals surface area contributed by atoms with Crippen LogP contribution in [0.25, 0.3) is 0 Å². The molecule has 2 amide bonds. The first-order chi connectivity index (χ1) is 14.3. The smallest absolute Gasteiger partial charge is 0.329 e. The number of nitrogens with one attached hydrogen (secondary N) is 1. The van der Waals surface area contributed by atoms with Crippen molar-refractivity contribution in [3.63, 3.8) is 0 Å². The first-order valence-electron chi connectivity index (χ1n) is 11.2. The van der Waals surface area contributed by atoms with Gasteiger partial charge in [0.1, 0.15) is 11.6 Å². The Morgan fingerprint density at radius 2 is 1.80 bits per heavy atom. The van der Waals surface area contributed by atoms with E-state index >= 15 is 0 Å². The second-order valence-electron chi connectivity index (χ2n) is 9.23. The van der Waals surface area contributed by atoms with Gasteiger partial charge in [-0.3, -0.25) is 0 Å². The predicted molar refractivity (Wildman–Crippen MR) is 118 cm³/mol. The molecule has 6 heteroatoms. The Balaban J connectivity index is 2.03. The van der Waals surface area contributed by atoms with E-state index < -0.39 is 17.6 Å². The number of aliphatic hydroxyl groups excluding tert-OH is 1. The summed E-state index contributed by atoms with van der Waals surface area (Å²) in [6, 6.07) is 8.48. The molecular weight excluding hydrogens is 380 g/mol. The SMILES string of the molecule is CC(C)(C)OC(=O)[C@H](Cc1ccccc1)NC(=O)N(CCO)CCC1CCCCC1. The van der Waals surface area contributed by atoms with E-state index in [1.807, 2.05) is 51.1 Å². The second-order valence-corrected chi connectivity index (χ2v) is 9.23. The van der Waals surface area contributed by atoms with Crippen LogP contribution in [-0.4, -0.2) is 53.3 Å². The molecule has 2 rings (SSSR count). The van der Waals surface area contributed by atoms with Gasteiger partial charge in [0.15, 0.2) is 0 Å². The van der Waals surface area contributed by atoms with Gasteiger partial charge in [0, 0.05) is 19.5 Å². The number of benzene rings is 1. The zero-order valence-corrected chi connectivity index (χ0v) is 18.7. The predicted octanol–water partition coefficient (Wildman–Crippen LogP) is 3.91. The second kappa shape index (κ2) is 11.9. The summed E-state index contributed by atoms with van der Waals surface area (Å²) in [5.74, 6) is 0.189. The molecule has 1 fully saturated rings. The first kappa shape index (κ1) is 24.2. The van der Waals surface area contributed by atoms with Crippen LogP contribution in [0.2, 0.25) is 0 Å². The fourth-order valence-electron chi connectivity index (χ4n) is 3.91. The molecule has 2 N–H and O–H groups in total. The van der Waals surface area contributed by atoms with E-state index in [1.54, 1.807) is 4.90 Å². The van der Waals surface area contributed by atoms with Crippen LogP contribution in [0.15, 0.2) is 30.3 Å². The van der Waals surface area contributed by atoms with E-state index in [1.165, 1.54) is 32.1 Å². The van der Waals surface area contributed by atoms with Crippen LogP contribution in [0.3, 0.4) is 0 Å². The maximum atomic E-state index is 13.0. The lowest BCUT2D eigenvalue weighted by Crippen LogP contribution is -2.51. The molecule has 0 saturated heterocycles. The molecule has 1 aromatic rings. The van der Waals surface area contributed by atoms with Gasteiger partial charge in [0.2, 0.25) is 0 Å². The highest BCUT2D eigenvalue weighted by Gasteiger charge is 2.28. The van der Waals surface area contributed by atoms with Gasteiger partial charge in [-0.25, -0.2) is 9.59 Å². The van der Waals surface area contributed by atoms with Crippen molar-refractivity contribution in [3.05, 3.63) is 35.9 Å². The monoisotopic (exact) mass is 418 g/mol. The molecule has 0 unspecified atom stereocenters. The largest absolute Gasteiger partial charge is 0.458 e. The molecule has 6 nitrogen and oxygen atoms in total. The molecule has 1 aliphatic rings. The molecular formula is C24H38N2O4. The Kier molecular flexibility index (Phi) is 9.63. The van der Waals surface area contributed by atoms with Crippen molar-refractivity contribution >= 4 is 12.0 Å². The molecule has 1 aliphatic carbocycles. The average Bonchev–Trinajstić information content (AvgIpc) is 2.70. The van der Waals surface area contributed by atoms with E-state index in [0.29, 0.717) is 18.9 Å². The summed E-state index contributed by atoms with van der Waals surface area (Å²) >= 11 is 0. The van der Waals surface area contributed by atoms with E-state index in [0.717, 1.165) is 12.0 Å². The van der Waals surface area contributed by atoms with E-state index in [9.17, 15) is 14.7 Å². The van der Waals surface area contributed by atoms with Crippen molar-refractivity contribution < 1.29 is 19.4 Å². The quantitative estimate of drug-likeness (QED) is 0.596. The number of hydrogen-bond acceptors (Lipinski definition) is 4. The summed E-state index contributed by atoms with van der Waals surface area (Å²) in [5, 5.41) is 12.3. The minimum absolute atomic E-state index is 0.103. The Morgan fingerprint density at radius 3 is 2.40 bits per heavy atom. The highest BCUT2D eigenvalue weighted by Crippen LogP contribution is 2.26. The van der Waals surface area contributed by atoms with Crippen LogP contribution in [0.4, 0.5) is 4.79 Å². The molecule has 0 radical (unpaired) electrons. The van der Waals surface area contributed by atoms with Crippen LogP contribution in [-0.2, 0) is 16.0 Å². The van der Waals surface area contributed by atoms with E-state index in [4.69, 9.17) is 4.74 Å². The molecule has 1 atom stereocenters. The van der Waals surface area contributed by atoms with Gasteiger partial charge in [-0.2, -0.15) is 0 Å². The number of amides is 2. The molecule has 0 bridgehead atoms. The molecule has 30 heavy (non-hydrogen) atoms. The molecule has 168 valence electrons. The third-order valence-electron chi connectivity index (χ3n) is 5.46. The summed E-state index contributed by atoms with van der Waals surface area (Å²) in [6.45, 7) is 6.18. The topological polar surface area (TPSA) is 78.9 Å². The van der Waals surface area contributed by atoms with Gasteiger partial charge in [0.05, 0.1) is 6.61 Å². The molecule has 0 spiro atoms. The summed E-state index contributed by atoms with van der Waals surface area (Å²) in [6.07, 6.45) is 7.53. The standard InChI is InChI=1S/C24H38N2O4/c1-24(2,3)30-22(28)21(18-20-12-8-5-9-13-20)25-23(29)26(16-17-27)15-14-19-10-6-4-7-11-19/h5,8-9,12-13,19,21,27H,4,6-7,10-11,14-18H2,1-3H3,(H,25,29)/t21-/m0/s1. The van der Waals surface area contributed by atoms with Gasteiger partial charge < -0.3 is 20.1 Å². The summed E-state index contributed by atoms with van der Waals surface area (Å²) in [5.41, 5.74) is 0.312. The van der Waals surface area contributed by atoms with Crippen molar-refractivity contribution in [3.8, 4) is 0 Å². The number of esters is 1. The van der Waals surface area contributed by atoms with Crippen LogP contribution in [0.5, 0.6) is 0 Å². The number of urea groups is 1. The summed E-state index contributed by atoms with van der Waals surface area (Å²) < 4.78 is 5.55. The third kappa shape index (κ3) is 8.74. The van der Waals surface area contributed by atoms with Crippen LogP contribution < -0.4 is 5.32 Å². The lowest BCUT2D eigenvalue weighted by Gasteiger charge is -2.29. The zero-order valence-electron chi connectivity index (χ0n) is 18.7. The van der Waals surface area contributed by atoms with Crippen molar-refractivity contribution in [1.82, 2.24) is 10.2 Å². The Hall–Kier alpha value is -2.08. The Bertz CT molecular complexity index is 651. The summed E-state index contributed by atoms with van der Waals surface area (Å²) in [7, 11) is 0. The van der Waals surface area contributed by atoms with Gasteiger partial charge in [0.25, 0.3) is 0 Å². The lowest BCUT2D eigenvalue weighted by atomic mass is 9.87. The number of carbonyl (C=O) groups is 2. The highest BCUT2D eigenvalue weighted by molar-refractivity contribution is 5.84. The number of hydrogen-bond donors (Lipinski definition) is 2. The van der Waals surface area contributed by atoms with E-state index in [2.05, 4.69) is 5.32 Å². The molecule has 1 saturated carbocycles. The maximum absolute atomic E-state index is 13.0. The fraction of sp³-hybridized carbons (Fsp3) is 0.667. The molecule has 0 aliphatic heterocycles. The number of nitrogens with zero attached hydrogens (tertiary/aromatic N) is 1. The maximum Gasteiger partial charge on any atom is 0.329 e. The van der Waals surface area contributed by atoms with Crippen molar-refractivity contribution in [1.29, 1.82) is 0 Å². The van der Waals surface area contributed by atoms with Crippen LogP contribution in [0.1, 0.15) is 64.9 Å². The minimum Gasteiger partial charge on any atom is -0.458 e. The highest BCUT2D eigenvalue weighted by atomic mass is 16.6. The molecule has 1 aromatic carbocycles. The van der Waals surface area contributed by atoms with Crippen molar-refractivity contribution in [2.24, 2.45) is 5.92 Å². The number of rotatable bonds is 9. The van der Waals surface area contributed by atoms with Crippen molar-refractivity contribution in [2.75, 3.05) is 19.7 Å². The number of ether oxygens (including phenoxy) is 1. The molecule has 0 heterocycles. The third-order valence-corrected chi connectivity index (χ3v) is 5.46. The first-order valence-corrected chi connectivity index (χ1v) is 11.2. The van der Waals surface area contributed by atoms with Gasteiger partial charge in [-0.15, -0.1) is 0 Å². The fourth-order valence-corrected chi connectivity index (χ4v) is 3.91. The number of aliphatic hydroxyl groups is 1. The Morgan fingerprint density at radius 1 is 1.13 bits per heavy atom.